The fourth-order valence-electron chi connectivity index (χ4n) is 6.09. The molecule has 2 saturated heterocycles. The molecule has 3 N–H and O–H groups in total. The summed E-state index contributed by atoms with van der Waals surface area (Å²) >= 11 is 0. The number of aromatic hydroxyl groups is 1. The molecule has 0 radical (unpaired) electrons. The Balaban J connectivity index is 0.000000404. The topological polar surface area (TPSA) is 129 Å². The van der Waals surface area contributed by atoms with Gasteiger partial charge in [0.2, 0.25) is 5.91 Å². The molecule has 1 amide bonds. The highest BCUT2D eigenvalue weighted by atomic mass is 19.1. The molecule has 0 bridgehead atoms. The molecular weight excluding hydrogens is 753 g/mol. The van der Waals surface area contributed by atoms with E-state index < -0.39 is 11.6 Å². The van der Waals surface area contributed by atoms with Crippen molar-refractivity contribution in [1.29, 1.82) is 0 Å². The summed E-state index contributed by atoms with van der Waals surface area (Å²) in [5.41, 5.74) is 9.67. The zero-order valence-corrected chi connectivity index (χ0v) is 36.8. The van der Waals surface area contributed by atoms with Gasteiger partial charge in [-0.2, -0.15) is 5.10 Å². The molecule has 59 heavy (non-hydrogen) atoms. The third-order valence-electron chi connectivity index (χ3n) is 9.05. The third kappa shape index (κ3) is 18.5. The lowest BCUT2D eigenvalue weighted by Crippen LogP contribution is -2.46. The minimum absolute atomic E-state index is 0.0145. The van der Waals surface area contributed by atoms with E-state index in [4.69, 9.17) is 15.2 Å². The molecule has 0 aliphatic carbocycles. The second-order valence-electron chi connectivity index (χ2n) is 13.1. The highest BCUT2D eigenvalue weighted by molar-refractivity contribution is 5.94. The first-order valence-corrected chi connectivity index (χ1v) is 20.7. The van der Waals surface area contributed by atoms with Gasteiger partial charge in [0, 0.05) is 75.3 Å². The van der Waals surface area contributed by atoms with Gasteiger partial charge in [-0.25, -0.2) is 13.8 Å². The van der Waals surface area contributed by atoms with Crippen LogP contribution in [-0.4, -0.2) is 93.3 Å². The number of phenolic OH excluding ortho intramolecular Hbond substituents is 1. The zero-order valence-electron chi connectivity index (χ0n) is 36.8. The fraction of sp³-hybridized carbons (Fsp3) is 0.478. The van der Waals surface area contributed by atoms with Gasteiger partial charge in [0.15, 0.2) is 0 Å². The lowest BCUT2D eigenvalue weighted by molar-refractivity contribution is -0.133. The number of halogens is 2. The van der Waals surface area contributed by atoms with Crippen LogP contribution in [0.3, 0.4) is 0 Å². The Morgan fingerprint density at radius 1 is 1.02 bits per heavy atom. The number of piperazine rings is 1. The maximum atomic E-state index is 13.2. The molecule has 3 aliphatic rings. The number of carbonyl (C=O) groups excluding carboxylic acids is 1. The van der Waals surface area contributed by atoms with Crippen LogP contribution in [0, 0.1) is 18.6 Å². The highest BCUT2D eigenvalue weighted by Crippen LogP contribution is 2.30. The van der Waals surface area contributed by atoms with E-state index in [1.165, 1.54) is 40.4 Å². The Hall–Kier alpha value is -5.14. The number of rotatable bonds is 10. The van der Waals surface area contributed by atoms with E-state index in [-0.39, 0.29) is 30.7 Å². The number of amides is 1. The van der Waals surface area contributed by atoms with Crippen LogP contribution in [-0.2, 0) is 14.3 Å². The average molecular weight is 822 g/mol. The van der Waals surface area contributed by atoms with Crippen LogP contribution in [0.25, 0.3) is 0 Å². The first-order chi connectivity index (χ1) is 28.5. The first-order valence-electron chi connectivity index (χ1n) is 20.7. The number of hydrogen-bond acceptors (Lipinski definition) is 9. The predicted molar refractivity (Wildman–Crippen MR) is 242 cm³/mol. The van der Waals surface area contributed by atoms with Crippen LogP contribution < -0.4 is 15.5 Å². The number of nitrogens with two attached hydrogens (primary N) is 1. The molecule has 0 aromatic heterocycles. The largest absolute Gasteiger partial charge is 0.508 e. The number of hydrogen-bond donors (Lipinski definition) is 2. The normalized spacial score (nSPS) is 16.6. The number of nitrogens with zero attached hydrogens (tertiary/aromatic N) is 6. The zero-order chi connectivity index (χ0) is 44.2. The molecule has 326 valence electrons. The van der Waals surface area contributed by atoms with Crippen molar-refractivity contribution >= 4 is 36.0 Å². The molecule has 3 aromatic rings. The summed E-state index contributed by atoms with van der Waals surface area (Å²) in [5, 5.41) is 14.9. The minimum atomic E-state index is -0.542. The molecule has 0 saturated carbocycles. The molecular formula is C46H69F2N7O4. The fourth-order valence-corrected chi connectivity index (χ4v) is 6.09. The maximum absolute atomic E-state index is 13.2. The molecule has 11 nitrogen and oxygen atoms in total. The number of aryl methyl sites for hydroxylation is 1. The summed E-state index contributed by atoms with van der Waals surface area (Å²) in [6.45, 7) is 24.6. The van der Waals surface area contributed by atoms with E-state index in [0.717, 1.165) is 51.5 Å². The second kappa shape index (κ2) is 30.0. The van der Waals surface area contributed by atoms with Crippen LogP contribution in [0.1, 0.15) is 91.4 Å². The van der Waals surface area contributed by atoms with E-state index in [0.29, 0.717) is 30.1 Å². The molecule has 3 atom stereocenters. The predicted octanol–water partition coefficient (Wildman–Crippen LogP) is 9.49. The monoisotopic (exact) mass is 822 g/mol. The highest BCUT2D eigenvalue weighted by Gasteiger charge is 2.30. The van der Waals surface area contributed by atoms with Crippen LogP contribution >= 0.6 is 0 Å². The number of ether oxygens (including phenoxy) is 2. The SMILES string of the molecule is C=C(CN)O[C@@H](C)[C@H](CC)N1N=CCC1=O.CC.CC.CC=NC=NC.Cc1ccc(N2CCN(c3ccc(O)cc3)CC2)cc1.Fc1ccc([C@H]2CCCO2)c(F)c1. The Morgan fingerprint density at radius 2 is 1.59 bits per heavy atom. The Kier molecular flexibility index (Phi) is 26.4. The van der Waals surface area contributed by atoms with Gasteiger partial charge in [-0.3, -0.25) is 14.8 Å². The smallest absolute Gasteiger partial charge is 0.248 e. The second-order valence-corrected chi connectivity index (χ2v) is 13.1. The van der Waals surface area contributed by atoms with Crippen molar-refractivity contribution < 1.29 is 28.2 Å². The molecule has 0 unspecified atom stereocenters. The van der Waals surface area contributed by atoms with Crippen molar-refractivity contribution in [2.45, 2.75) is 99.3 Å². The molecule has 13 heteroatoms. The van der Waals surface area contributed by atoms with Crippen molar-refractivity contribution in [3.8, 4) is 5.75 Å². The van der Waals surface area contributed by atoms with Crippen molar-refractivity contribution in [2.24, 2.45) is 20.8 Å². The molecule has 3 heterocycles. The minimum Gasteiger partial charge on any atom is -0.508 e. The average Bonchev–Trinajstić information content (AvgIpc) is 3.96. The standard InChI is InChI=1S/C17H20N2O.C11H19N3O2.C10H10F2O.C4H8N2.2C2H6/c1-14-2-4-15(5-3-14)18-10-12-19(13-11-18)16-6-8-17(20)9-7-16;1-4-10(9(3)16-8(2)7-12)14-11(15)5-6-13-14;11-7-3-4-8(9(12)6-7)10-2-1-5-13-10;1-3-6-4-5-2;2*1-2/h2-9,20H,10-13H2,1H3;6,9-10H,2,4-5,7,12H2,1,3H3;3-4,6,10H,1-2,5H2;3-4H,1-2H3;2*1-2H3/t;9-,10-;10-;;;/m.01.../s1. The summed E-state index contributed by atoms with van der Waals surface area (Å²) in [4.78, 5) is 23.6. The van der Waals surface area contributed by atoms with Crippen molar-refractivity contribution in [3.05, 3.63) is 102 Å². The summed E-state index contributed by atoms with van der Waals surface area (Å²) < 4.78 is 36.6. The molecule has 3 aliphatic heterocycles. The van der Waals surface area contributed by atoms with Gasteiger partial charge in [-0.05, 0) is 82.5 Å². The van der Waals surface area contributed by atoms with Crippen molar-refractivity contribution in [1.82, 2.24) is 5.01 Å². The maximum Gasteiger partial charge on any atom is 0.248 e. The van der Waals surface area contributed by atoms with E-state index in [1.807, 2.05) is 60.6 Å². The molecule has 2 fully saturated rings. The lowest BCUT2D eigenvalue weighted by atomic mass is 10.1. The van der Waals surface area contributed by atoms with Gasteiger partial charge >= 0.3 is 0 Å². The van der Waals surface area contributed by atoms with E-state index in [1.54, 1.807) is 31.6 Å². The van der Waals surface area contributed by atoms with Crippen molar-refractivity contribution in [3.63, 3.8) is 0 Å². The summed E-state index contributed by atoms with van der Waals surface area (Å²) in [7, 11) is 1.69. The number of carbonyl (C=O) groups is 1. The Morgan fingerprint density at radius 3 is 2.02 bits per heavy atom. The number of anilines is 2. The van der Waals surface area contributed by atoms with E-state index in [9.17, 15) is 18.7 Å². The van der Waals surface area contributed by atoms with Gasteiger partial charge < -0.3 is 30.1 Å². The van der Waals surface area contributed by atoms with Crippen LogP contribution in [0.5, 0.6) is 5.75 Å². The van der Waals surface area contributed by atoms with E-state index >= 15 is 0 Å². The number of benzene rings is 3. The van der Waals surface area contributed by atoms with Crippen LogP contribution in [0.4, 0.5) is 20.2 Å². The van der Waals surface area contributed by atoms with Gasteiger partial charge in [-0.15, -0.1) is 0 Å². The Bertz CT molecular complexity index is 1630. The van der Waals surface area contributed by atoms with Crippen LogP contribution in [0.15, 0.2) is 94.2 Å². The van der Waals surface area contributed by atoms with Gasteiger partial charge in [-0.1, -0.05) is 65.0 Å². The van der Waals surface area contributed by atoms with Gasteiger partial charge in [0.25, 0.3) is 0 Å². The Labute approximate surface area is 352 Å². The first kappa shape index (κ1) is 51.9. The quantitative estimate of drug-likeness (QED) is 0.119. The summed E-state index contributed by atoms with van der Waals surface area (Å²) in [5.74, 6) is -0.180. The van der Waals surface area contributed by atoms with Gasteiger partial charge in [0.1, 0.15) is 35.6 Å². The number of hydrazone groups is 1. The summed E-state index contributed by atoms with van der Waals surface area (Å²) in [6.07, 6.45) is 7.40. The van der Waals surface area contributed by atoms with E-state index in [2.05, 4.69) is 62.7 Å². The molecule has 0 spiro atoms. The molecule has 3 aromatic carbocycles. The third-order valence-corrected chi connectivity index (χ3v) is 9.05. The lowest BCUT2D eigenvalue weighted by Gasteiger charge is -2.37. The number of phenols is 1. The van der Waals surface area contributed by atoms with Gasteiger partial charge in [0.05, 0.1) is 25.1 Å². The summed E-state index contributed by atoms with van der Waals surface area (Å²) in [6, 6.07) is 19.8. The number of aliphatic imine (C=N–C) groups is 2. The van der Waals surface area contributed by atoms with Crippen LogP contribution in [0.2, 0.25) is 0 Å². The van der Waals surface area contributed by atoms with Crippen molar-refractivity contribution in [2.75, 3.05) is 56.2 Å². The molecule has 6 rings (SSSR count).